The molecule has 0 aliphatic carbocycles. The van der Waals surface area contributed by atoms with E-state index in [1.54, 1.807) is 17.8 Å². The number of amides is 2. The Kier molecular flexibility index (Phi) is 7.56. The number of anilines is 1. The summed E-state index contributed by atoms with van der Waals surface area (Å²) in [5.74, 6) is -0.805. The lowest BCUT2D eigenvalue weighted by molar-refractivity contribution is -0.456. The molecule has 0 fully saturated rings. The van der Waals surface area contributed by atoms with Gasteiger partial charge in [-0.25, -0.2) is 0 Å². The number of nitrogens with one attached hydrogen (secondary N) is 3. The summed E-state index contributed by atoms with van der Waals surface area (Å²) in [5, 5.41) is 16.1. The maximum atomic E-state index is 12.3. The van der Waals surface area contributed by atoms with Crippen LogP contribution in [0, 0.1) is 10.1 Å². The van der Waals surface area contributed by atoms with Gasteiger partial charge in [0.25, 0.3) is 17.5 Å². The van der Waals surface area contributed by atoms with Gasteiger partial charge in [0.2, 0.25) is 0 Å². The lowest BCUT2D eigenvalue weighted by Crippen LogP contribution is -3.00. The highest BCUT2D eigenvalue weighted by atomic mass is 35.5. The SMILES string of the molecule is Cn1cc(NC(=O)c2cc([N+](=O)[O-])cn2C)cc1C(=O)NCC[NH+]=C(N)N.[Cl-]. The van der Waals surface area contributed by atoms with Crippen LogP contribution < -0.4 is 39.5 Å². The zero-order valence-electron chi connectivity index (χ0n) is 15.2. The van der Waals surface area contributed by atoms with Crippen molar-refractivity contribution >= 4 is 29.1 Å². The quantitative estimate of drug-likeness (QED) is 0.0995. The second kappa shape index (κ2) is 9.41. The molecule has 28 heavy (non-hydrogen) atoms. The van der Waals surface area contributed by atoms with Gasteiger partial charge in [0, 0.05) is 32.9 Å². The Morgan fingerprint density at radius 3 is 2.32 bits per heavy atom. The molecule has 13 heteroatoms. The van der Waals surface area contributed by atoms with Gasteiger partial charge in [-0.3, -0.25) is 36.2 Å². The first-order valence-corrected chi connectivity index (χ1v) is 7.87. The molecule has 2 rings (SSSR count). The number of aromatic nitrogens is 2. The minimum absolute atomic E-state index is 0. The standard InChI is InChI=1S/C15H20N8O4.ClH/c1-21-7-9(5-11(21)13(24)18-3-4-19-15(16)17)20-14(25)12-6-10(23(26)27)8-22(12)2;/h5-8H,3-4H2,1-2H3,(H,18,24)(H,20,25)(H4,16,17,19);1H. The number of nitrogens with zero attached hydrogens (tertiary/aromatic N) is 3. The molecule has 2 aromatic heterocycles. The summed E-state index contributed by atoms with van der Waals surface area (Å²) in [6, 6.07) is 2.68. The van der Waals surface area contributed by atoms with E-state index in [0.717, 1.165) is 0 Å². The highest BCUT2D eigenvalue weighted by Gasteiger charge is 2.19. The van der Waals surface area contributed by atoms with Crippen LogP contribution in [0.5, 0.6) is 0 Å². The van der Waals surface area contributed by atoms with Crippen LogP contribution in [0.25, 0.3) is 0 Å². The zero-order valence-corrected chi connectivity index (χ0v) is 16.0. The molecule has 2 aromatic rings. The van der Waals surface area contributed by atoms with Crippen LogP contribution in [-0.4, -0.2) is 44.9 Å². The maximum absolute atomic E-state index is 12.3. The number of nitro groups is 1. The molecule has 0 saturated carbocycles. The van der Waals surface area contributed by atoms with Crippen LogP contribution in [0.2, 0.25) is 0 Å². The first-order valence-electron chi connectivity index (χ1n) is 7.87. The molecule has 2 heterocycles. The molecule has 0 saturated heterocycles. The second-order valence-corrected chi connectivity index (χ2v) is 5.77. The lowest BCUT2D eigenvalue weighted by Gasteiger charge is -2.03. The first-order chi connectivity index (χ1) is 12.7. The van der Waals surface area contributed by atoms with Crippen LogP contribution in [0.1, 0.15) is 21.0 Å². The summed E-state index contributed by atoms with van der Waals surface area (Å²) in [6.45, 7) is 0.672. The maximum Gasteiger partial charge on any atom is 0.338 e. The Morgan fingerprint density at radius 2 is 1.75 bits per heavy atom. The average Bonchev–Trinajstić information content (AvgIpc) is 3.14. The highest BCUT2D eigenvalue weighted by Crippen LogP contribution is 2.18. The minimum Gasteiger partial charge on any atom is -1.00 e. The van der Waals surface area contributed by atoms with Gasteiger partial charge < -0.3 is 32.2 Å². The number of carbonyl (C=O) groups is 2. The van der Waals surface area contributed by atoms with Crippen molar-refractivity contribution < 1.29 is 31.9 Å². The molecular formula is C15H21ClN8O4. The van der Waals surface area contributed by atoms with E-state index < -0.39 is 10.8 Å². The normalized spacial score (nSPS) is 9.93. The fraction of sp³-hybridized carbons (Fsp3) is 0.267. The third-order valence-corrected chi connectivity index (χ3v) is 3.67. The molecule has 152 valence electrons. The fourth-order valence-electron chi connectivity index (χ4n) is 2.40. The predicted molar refractivity (Wildman–Crippen MR) is 97.0 cm³/mol. The van der Waals surface area contributed by atoms with Crippen molar-refractivity contribution in [2.45, 2.75) is 0 Å². The van der Waals surface area contributed by atoms with Gasteiger partial charge in [-0.2, -0.15) is 0 Å². The number of rotatable bonds is 7. The van der Waals surface area contributed by atoms with Crippen molar-refractivity contribution in [2.24, 2.45) is 25.6 Å². The van der Waals surface area contributed by atoms with E-state index >= 15 is 0 Å². The number of nitrogens with two attached hydrogens (primary N) is 2. The van der Waals surface area contributed by atoms with E-state index in [1.165, 1.54) is 29.9 Å². The molecule has 0 unspecified atom stereocenters. The van der Waals surface area contributed by atoms with E-state index in [4.69, 9.17) is 11.5 Å². The molecule has 12 nitrogen and oxygen atoms in total. The lowest BCUT2D eigenvalue weighted by atomic mass is 10.3. The summed E-state index contributed by atoms with van der Waals surface area (Å²) >= 11 is 0. The highest BCUT2D eigenvalue weighted by molar-refractivity contribution is 6.04. The van der Waals surface area contributed by atoms with Crippen LogP contribution in [0.15, 0.2) is 24.5 Å². The van der Waals surface area contributed by atoms with Crippen molar-refractivity contribution in [1.29, 1.82) is 0 Å². The fourth-order valence-corrected chi connectivity index (χ4v) is 2.40. The molecular weight excluding hydrogens is 392 g/mol. The van der Waals surface area contributed by atoms with E-state index in [2.05, 4.69) is 15.6 Å². The summed E-state index contributed by atoms with van der Waals surface area (Å²) in [6.07, 6.45) is 2.81. The topological polar surface area (TPSA) is 177 Å². The molecule has 2 amide bonds. The van der Waals surface area contributed by atoms with Crippen molar-refractivity contribution in [3.8, 4) is 0 Å². The van der Waals surface area contributed by atoms with E-state index in [9.17, 15) is 19.7 Å². The Bertz CT molecular complexity index is 913. The molecule has 7 N–H and O–H groups in total. The summed E-state index contributed by atoms with van der Waals surface area (Å²) in [7, 11) is 3.19. The van der Waals surface area contributed by atoms with E-state index in [0.29, 0.717) is 24.5 Å². The molecule has 0 aliphatic rings. The Morgan fingerprint density at radius 1 is 1.14 bits per heavy atom. The largest absolute Gasteiger partial charge is 1.00 e. The molecule has 0 aliphatic heterocycles. The Hall–Kier alpha value is -3.54. The number of halogens is 1. The Balaban J connectivity index is 0.00000392. The van der Waals surface area contributed by atoms with Gasteiger partial charge in [0.1, 0.15) is 11.4 Å². The van der Waals surface area contributed by atoms with E-state index in [1.807, 2.05) is 0 Å². The predicted octanol–water partition coefficient (Wildman–Crippen LogP) is -5.39. The number of hydrogen-bond acceptors (Lipinski definition) is 4. The van der Waals surface area contributed by atoms with Gasteiger partial charge in [-0.05, 0) is 6.07 Å². The summed E-state index contributed by atoms with van der Waals surface area (Å²) in [4.78, 5) is 37.4. The monoisotopic (exact) mass is 412 g/mol. The van der Waals surface area contributed by atoms with E-state index in [-0.39, 0.29) is 35.7 Å². The van der Waals surface area contributed by atoms with Crippen molar-refractivity contribution in [1.82, 2.24) is 14.5 Å². The Labute approximate surface area is 166 Å². The van der Waals surface area contributed by atoms with Gasteiger partial charge in [0.05, 0.1) is 23.4 Å². The smallest absolute Gasteiger partial charge is 0.338 e. The van der Waals surface area contributed by atoms with Crippen LogP contribution in [0.3, 0.4) is 0 Å². The van der Waals surface area contributed by atoms with Crippen LogP contribution in [-0.2, 0) is 14.1 Å². The molecule has 0 spiro atoms. The van der Waals surface area contributed by atoms with Crippen molar-refractivity contribution in [3.63, 3.8) is 0 Å². The minimum atomic E-state index is -0.577. The molecule has 0 aromatic carbocycles. The third kappa shape index (κ3) is 5.48. The van der Waals surface area contributed by atoms with Crippen LogP contribution >= 0.6 is 0 Å². The zero-order chi connectivity index (χ0) is 20.1. The molecule has 0 bridgehead atoms. The average molecular weight is 413 g/mol. The first kappa shape index (κ1) is 22.5. The van der Waals surface area contributed by atoms with Gasteiger partial charge in [-0.15, -0.1) is 0 Å². The van der Waals surface area contributed by atoms with Crippen LogP contribution in [0.4, 0.5) is 11.4 Å². The molecule has 0 radical (unpaired) electrons. The summed E-state index contributed by atoms with van der Waals surface area (Å²) < 4.78 is 2.91. The van der Waals surface area contributed by atoms with Crippen molar-refractivity contribution in [3.05, 3.63) is 46.0 Å². The number of aryl methyl sites for hydroxylation is 2. The number of carbonyl (C=O) groups excluding carboxylic acids is 2. The second-order valence-electron chi connectivity index (χ2n) is 5.77. The number of guanidine groups is 1. The van der Waals surface area contributed by atoms with Crippen molar-refractivity contribution in [2.75, 3.05) is 18.4 Å². The van der Waals surface area contributed by atoms with Gasteiger partial charge >= 0.3 is 5.96 Å². The summed E-state index contributed by atoms with van der Waals surface area (Å²) in [5.41, 5.74) is 11.2. The number of hydrogen-bond donors (Lipinski definition) is 5. The van der Waals surface area contributed by atoms with Gasteiger partial charge in [-0.1, -0.05) is 0 Å². The third-order valence-electron chi connectivity index (χ3n) is 3.67. The molecule has 0 atom stereocenters. The van der Waals surface area contributed by atoms with Gasteiger partial charge in [0.15, 0.2) is 0 Å².